The van der Waals surface area contributed by atoms with Gasteiger partial charge in [0.05, 0.1) is 0 Å². The van der Waals surface area contributed by atoms with Gasteiger partial charge in [-0.3, -0.25) is 0 Å². The molecular weight excluding hydrogens is 206 g/mol. The van der Waals surface area contributed by atoms with Crippen molar-refractivity contribution in [3.8, 4) is 0 Å². The maximum absolute atomic E-state index is 3.80. The fourth-order valence-electron chi connectivity index (χ4n) is 1.90. The van der Waals surface area contributed by atoms with Gasteiger partial charge in [-0.15, -0.1) is 6.58 Å². The van der Waals surface area contributed by atoms with Gasteiger partial charge in [0, 0.05) is 19.3 Å². The van der Waals surface area contributed by atoms with Crippen LogP contribution in [-0.4, -0.2) is 13.6 Å². The van der Waals surface area contributed by atoms with Crippen LogP contribution >= 0.6 is 0 Å². The van der Waals surface area contributed by atoms with Crippen LogP contribution in [0.3, 0.4) is 0 Å². The van der Waals surface area contributed by atoms with Crippen molar-refractivity contribution in [3.05, 3.63) is 42.5 Å². The minimum atomic E-state index is 0.393. The van der Waals surface area contributed by atoms with Gasteiger partial charge in [0.25, 0.3) is 0 Å². The first kappa shape index (κ1) is 13.8. The number of likely N-dealkylation sites (N-methyl/N-ethyl adjacent to an activating group) is 1. The number of aryl methyl sites for hydroxylation is 1. The van der Waals surface area contributed by atoms with Crippen LogP contribution in [0.5, 0.6) is 0 Å². The zero-order valence-corrected chi connectivity index (χ0v) is 11.7. The van der Waals surface area contributed by atoms with Crippen LogP contribution < -0.4 is 4.90 Å². The average molecular weight is 231 g/mol. The summed E-state index contributed by atoms with van der Waals surface area (Å²) in [5.74, 6) is 0. The quantitative estimate of drug-likeness (QED) is 0.683. The van der Waals surface area contributed by atoms with E-state index in [0.29, 0.717) is 5.41 Å². The van der Waals surface area contributed by atoms with Crippen LogP contribution in [0.1, 0.15) is 32.8 Å². The van der Waals surface area contributed by atoms with Crippen molar-refractivity contribution in [2.75, 3.05) is 18.5 Å². The van der Waals surface area contributed by atoms with E-state index in [1.807, 2.05) is 6.08 Å². The van der Waals surface area contributed by atoms with Gasteiger partial charge >= 0.3 is 0 Å². The highest BCUT2D eigenvalue weighted by Gasteiger charge is 2.12. The standard InChI is InChI=1S/C16H25N/c1-6-13-17(5)15-10-8-7-9-14(15)11-12-16(2,3)4/h6-10H,1,11-13H2,2-5H3. The van der Waals surface area contributed by atoms with Crippen molar-refractivity contribution in [2.45, 2.75) is 33.6 Å². The van der Waals surface area contributed by atoms with Gasteiger partial charge in [-0.05, 0) is 29.9 Å². The van der Waals surface area contributed by atoms with Gasteiger partial charge in [-0.1, -0.05) is 45.0 Å². The molecule has 17 heavy (non-hydrogen) atoms. The maximum atomic E-state index is 3.80. The second-order valence-corrected chi connectivity index (χ2v) is 5.86. The summed E-state index contributed by atoms with van der Waals surface area (Å²) in [6.45, 7) is 11.6. The van der Waals surface area contributed by atoms with Gasteiger partial charge in [0.15, 0.2) is 0 Å². The lowest BCUT2D eigenvalue weighted by atomic mass is 9.88. The van der Waals surface area contributed by atoms with E-state index < -0.39 is 0 Å². The molecule has 0 radical (unpaired) electrons. The van der Waals surface area contributed by atoms with E-state index in [1.165, 1.54) is 17.7 Å². The third-order valence-electron chi connectivity index (χ3n) is 2.95. The summed E-state index contributed by atoms with van der Waals surface area (Å²) in [6, 6.07) is 8.67. The van der Waals surface area contributed by atoms with E-state index in [4.69, 9.17) is 0 Å². The highest BCUT2D eigenvalue weighted by atomic mass is 15.1. The summed E-state index contributed by atoms with van der Waals surface area (Å²) in [5, 5.41) is 0. The lowest BCUT2D eigenvalue weighted by Crippen LogP contribution is -2.18. The predicted octanol–water partition coefficient (Wildman–Crippen LogP) is 4.29. The summed E-state index contributed by atoms with van der Waals surface area (Å²) in [6.07, 6.45) is 4.30. The molecule has 1 rings (SSSR count). The van der Waals surface area contributed by atoms with Gasteiger partial charge in [-0.2, -0.15) is 0 Å². The highest BCUT2D eigenvalue weighted by Crippen LogP contribution is 2.26. The van der Waals surface area contributed by atoms with Crippen LogP contribution in [0.15, 0.2) is 36.9 Å². The van der Waals surface area contributed by atoms with E-state index in [9.17, 15) is 0 Å². The minimum Gasteiger partial charge on any atom is -0.371 e. The highest BCUT2D eigenvalue weighted by molar-refractivity contribution is 5.53. The summed E-state index contributed by atoms with van der Waals surface area (Å²) >= 11 is 0. The SMILES string of the molecule is C=CCN(C)c1ccccc1CCC(C)(C)C. The Labute approximate surface area is 106 Å². The molecule has 0 aromatic heterocycles. The van der Waals surface area contributed by atoms with Crippen molar-refractivity contribution in [3.63, 3.8) is 0 Å². The van der Waals surface area contributed by atoms with Crippen LogP contribution in [0.4, 0.5) is 5.69 Å². The lowest BCUT2D eigenvalue weighted by molar-refractivity contribution is 0.378. The minimum absolute atomic E-state index is 0.393. The van der Waals surface area contributed by atoms with E-state index in [0.717, 1.165) is 13.0 Å². The molecule has 1 aromatic carbocycles. The van der Waals surface area contributed by atoms with Gasteiger partial charge in [0.1, 0.15) is 0 Å². The Morgan fingerprint density at radius 3 is 2.47 bits per heavy atom. The smallest absolute Gasteiger partial charge is 0.0398 e. The number of hydrogen-bond donors (Lipinski definition) is 0. The Hall–Kier alpha value is -1.24. The molecule has 0 aliphatic heterocycles. The molecule has 0 heterocycles. The van der Waals surface area contributed by atoms with Crippen molar-refractivity contribution in [1.82, 2.24) is 0 Å². The third kappa shape index (κ3) is 4.64. The summed E-state index contributed by atoms with van der Waals surface area (Å²) in [7, 11) is 2.12. The van der Waals surface area contributed by atoms with E-state index >= 15 is 0 Å². The predicted molar refractivity (Wildman–Crippen MR) is 77.7 cm³/mol. The van der Waals surface area contributed by atoms with Crippen LogP contribution in [0, 0.1) is 5.41 Å². The molecule has 1 aromatic rings. The zero-order chi connectivity index (χ0) is 12.9. The normalized spacial score (nSPS) is 11.3. The average Bonchev–Trinajstić information content (AvgIpc) is 2.26. The van der Waals surface area contributed by atoms with Crippen molar-refractivity contribution >= 4 is 5.69 Å². The molecule has 0 bridgehead atoms. The van der Waals surface area contributed by atoms with E-state index in [2.05, 4.69) is 63.6 Å². The lowest BCUT2D eigenvalue weighted by Gasteiger charge is -2.23. The summed E-state index contributed by atoms with van der Waals surface area (Å²) < 4.78 is 0. The molecule has 0 atom stereocenters. The first-order valence-electron chi connectivity index (χ1n) is 6.34. The number of anilines is 1. The Morgan fingerprint density at radius 1 is 1.24 bits per heavy atom. The third-order valence-corrected chi connectivity index (χ3v) is 2.95. The molecule has 0 aliphatic rings. The second-order valence-electron chi connectivity index (χ2n) is 5.86. The molecule has 1 nitrogen and oxygen atoms in total. The fourth-order valence-corrected chi connectivity index (χ4v) is 1.90. The molecule has 0 saturated heterocycles. The van der Waals surface area contributed by atoms with Crippen molar-refractivity contribution in [2.24, 2.45) is 5.41 Å². The number of para-hydroxylation sites is 1. The zero-order valence-electron chi connectivity index (χ0n) is 11.7. The summed E-state index contributed by atoms with van der Waals surface area (Å²) in [4.78, 5) is 2.25. The fraction of sp³-hybridized carbons (Fsp3) is 0.500. The molecule has 1 heteroatoms. The molecule has 0 spiro atoms. The first-order chi connectivity index (χ1) is 7.94. The topological polar surface area (TPSA) is 3.24 Å². The Balaban J connectivity index is 2.80. The van der Waals surface area contributed by atoms with Crippen LogP contribution in [0.25, 0.3) is 0 Å². The summed E-state index contributed by atoms with van der Waals surface area (Å²) in [5.41, 5.74) is 3.16. The Morgan fingerprint density at radius 2 is 1.88 bits per heavy atom. The van der Waals surface area contributed by atoms with Gasteiger partial charge in [0.2, 0.25) is 0 Å². The van der Waals surface area contributed by atoms with Crippen molar-refractivity contribution < 1.29 is 0 Å². The van der Waals surface area contributed by atoms with Crippen LogP contribution in [0.2, 0.25) is 0 Å². The van der Waals surface area contributed by atoms with Gasteiger partial charge in [-0.25, -0.2) is 0 Å². The number of benzene rings is 1. The Kier molecular flexibility index (Phi) is 4.80. The maximum Gasteiger partial charge on any atom is 0.0398 e. The molecule has 0 fully saturated rings. The monoisotopic (exact) mass is 231 g/mol. The largest absolute Gasteiger partial charge is 0.371 e. The first-order valence-corrected chi connectivity index (χ1v) is 6.34. The number of hydrogen-bond acceptors (Lipinski definition) is 1. The number of nitrogens with zero attached hydrogens (tertiary/aromatic N) is 1. The second kappa shape index (κ2) is 5.90. The van der Waals surface area contributed by atoms with Crippen molar-refractivity contribution in [1.29, 1.82) is 0 Å². The number of rotatable bonds is 5. The molecule has 94 valence electrons. The molecule has 0 unspecified atom stereocenters. The van der Waals surface area contributed by atoms with E-state index in [-0.39, 0.29) is 0 Å². The molecular formula is C16H25N. The molecule has 0 N–H and O–H groups in total. The Bertz CT molecular complexity index is 360. The van der Waals surface area contributed by atoms with Crippen LogP contribution in [-0.2, 0) is 6.42 Å². The molecule has 0 saturated carbocycles. The van der Waals surface area contributed by atoms with Gasteiger partial charge < -0.3 is 4.90 Å². The molecule has 0 aliphatic carbocycles. The van der Waals surface area contributed by atoms with E-state index in [1.54, 1.807) is 0 Å². The molecule has 0 amide bonds.